The zero-order valence-electron chi connectivity index (χ0n) is 17.3. The van der Waals surface area contributed by atoms with Crippen LogP contribution >= 0.6 is 11.6 Å². The van der Waals surface area contributed by atoms with Crippen LogP contribution in [0.3, 0.4) is 0 Å². The van der Waals surface area contributed by atoms with Gasteiger partial charge in [0.2, 0.25) is 6.79 Å². The van der Waals surface area contributed by atoms with Crippen LogP contribution in [0.25, 0.3) is 5.76 Å². The summed E-state index contributed by atoms with van der Waals surface area (Å²) in [7, 11) is 3.89. The van der Waals surface area contributed by atoms with Crippen molar-refractivity contribution in [3.63, 3.8) is 0 Å². The molecule has 0 spiro atoms. The maximum atomic E-state index is 13.0. The summed E-state index contributed by atoms with van der Waals surface area (Å²) in [6.07, 6.45) is 0.682. The van der Waals surface area contributed by atoms with E-state index >= 15 is 0 Å². The molecule has 0 aliphatic carbocycles. The van der Waals surface area contributed by atoms with Gasteiger partial charge in [0, 0.05) is 17.1 Å². The molecule has 2 aromatic rings. The van der Waals surface area contributed by atoms with Crippen LogP contribution in [0.2, 0.25) is 5.02 Å². The first-order valence-corrected chi connectivity index (χ1v) is 10.3. The van der Waals surface area contributed by atoms with E-state index in [-0.39, 0.29) is 18.1 Å². The van der Waals surface area contributed by atoms with E-state index in [1.807, 2.05) is 19.0 Å². The average molecular weight is 443 g/mol. The van der Waals surface area contributed by atoms with E-state index in [0.717, 1.165) is 6.54 Å². The molecular formula is C23H23ClN2O5. The normalized spacial score (nSPS) is 19.5. The smallest absolute Gasteiger partial charge is 0.295 e. The van der Waals surface area contributed by atoms with Gasteiger partial charge in [-0.05, 0) is 63.0 Å². The Kier molecular flexibility index (Phi) is 5.89. The highest BCUT2D eigenvalue weighted by Gasteiger charge is 2.45. The lowest BCUT2D eigenvalue weighted by molar-refractivity contribution is -0.139. The number of aliphatic hydroxyl groups excluding tert-OH is 1. The van der Waals surface area contributed by atoms with Crippen molar-refractivity contribution in [1.29, 1.82) is 0 Å². The summed E-state index contributed by atoms with van der Waals surface area (Å²) in [5.41, 5.74) is 1.08. The fourth-order valence-electron chi connectivity index (χ4n) is 3.89. The Hall–Kier alpha value is -3.03. The van der Waals surface area contributed by atoms with Gasteiger partial charge in [-0.3, -0.25) is 9.59 Å². The number of amides is 1. The number of carbonyl (C=O) groups excluding carboxylic acids is 2. The Labute approximate surface area is 185 Å². The van der Waals surface area contributed by atoms with Gasteiger partial charge in [0.05, 0.1) is 11.6 Å². The molecule has 1 fully saturated rings. The second-order valence-electron chi connectivity index (χ2n) is 7.77. The molecule has 0 saturated carbocycles. The second-order valence-corrected chi connectivity index (χ2v) is 8.21. The molecule has 8 heteroatoms. The molecule has 162 valence electrons. The van der Waals surface area contributed by atoms with Crippen molar-refractivity contribution in [1.82, 2.24) is 9.80 Å². The summed E-state index contributed by atoms with van der Waals surface area (Å²) >= 11 is 6.19. The SMILES string of the molecule is CN(C)CCCN1C(=O)C(=O)C(=C(O)c2ccc3c(c2)OCO3)[C@H]1c1cccc(Cl)c1. The lowest BCUT2D eigenvalue weighted by Gasteiger charge is -2.26. The number of halogens is 1. The minimum atomic E-state index is -0.730. The number of rotatable bonds is 6. The maximum Gasteiger partial charge on any atom is 0.295 e. The molecule has 31 heavy (non-hydrogen) atoms. The summed E-state index contributed by atoms with van der Waals surface area (Å²) < 4.78 is 10.7. The number of carbonyl (C=O) groups is 2. The number of hydrogen-bond donors (Lipinski definition) is 1. The molecule has 0 aromatic heterocycles. The largest absolute Gasteiger partial charge is 0.507 e. The van der Waals surface area contributed by atoms with Crippen molar-refractivity contribution in [3.05, 3.63) is 64.2 Å². The predicted molar refractivity (Wildman–Crippen MR) is 116 cm³/mol. The van der Waals surface area contributed by atoms with Crippen LogP contribution in [-0.4, -0.2) is 60.6 Å². The van der Waals surface area contributed by atoms with Crippen molar-refractivity contribution in [3.8, 4) is 11.5 Å². The zero-order valence-corrected chi connectivity index (χ0v) is 18.1. The van der Waals surface area contributed by atoms with Gasteiger partial charge in [-0.1, -0.05) is 23.7 Å². The molecule has 1 N–H and O–H groups in total. The number of nitrogens with zero attached hydrogens (tertiary/aromatic N) is 2. The van der Waals surface area contributed by atoms with Gasteiger partial charge in [0.15, 0.2) is 11.5 Å². The number of benzene rings is 2. The lowest BCUT2D eigenvalue weighted by atomic mass is 9.95. The van der Waals surface area contributed by atoms with Gasteiger partial charge in [0.1, 0.15) is 5.76 Å². The minimum absolute atomic E-state index is 0.0379. The van der Waals surface area contributed by atoms with E-state index in [2.05, 4.69) is 0 Å². The molecule has 0 unspecified atom stereocenters. The van der Waals surface area contributed by atoms with Crippen LogP contribution < -0.4 is 9.47 Å². The number of likely N-dealkylation sites (tertiary alicyclic amines) is 1. The molecule has 2 aliphatic heterocycles. The molecule has 2 heterocycles. The zero-order chi connectivity index (χ0) is 22.1. The summed E-state index contributed by atoms with van der Waals surface area (Å²) in [6, 6.07) is 11.2. The Bertz CT molecular complexity index is 1070. The van der Waals surface area contributed by atoms with E-state index in [9.17, 15) is 14.7 Å². The monoisotopic (exact) mass is 442 g/mol. The van der Waals surface area contributed by atoms with E-state index in [0.29, 0.717) is 40.6 Å². The first-order chi connectivity index (χ1) is 14.9. The van der Waals surface area contributed by atoms with E-state index in [1.54, 1.807) is 42.5 Å². The third-order valence-corrected chi connectivity index (χ3v) is 5.59. The minimum Gasteiger partial charge on any atom is -0.507 e. The molecule has 1 saturated heterocycles. The standard InChI is InChI=1S/C23H23ClN2O5/c1-25(2)9-4-10-26-20(14-5-3-6-16(24)11-14)19(22(28)23(26)29)21(27)15-7-8-17-18(12-15)31-13-30-17/h3,5-8,11-12,20,27H,4,9-10,13H2,1-2H3/t20-/m1/s1. The Morgan fingerprint density at radius 1 is 1.16 bits per heavy atom. The Morgan fingerprint density at radius 3 is 2.68 bits per heavy atom. The van der Waals surface area contributed by atoms with Crippen LogP contribution in [0, 0.1) is 0 Å². The van der Waals surface area contributed by atoms with Crippen molar-refractivity contribution in [2.75, 3.05) is 34.0 Å². The molecule has 7 nitrogen and oxygen atoms in total. The third kappa shape index (κ3) is 4.11. The summed E-state index contributed by atoms with van der Waals surface area (Å²) in [4.78, 5) is 29.5. The highest BCUT2D eigenvalue weighted by molar-refractivity contribution is 6.46. The molecule has 0 radical (unpaired) electrons. The van der Waals surface area contributed by atoms with Crippen molar-refractivity contribution < 1.29 is 24.2 Å². The number of hydrogen-bond acceptors (Lipinski definition) is 6. The van der Waals surface area contributed by atoms with Crippen LogP contribution in [-0.2, 0) is 9.59 Å². The quantitative estimate of drug-likeness (QED) is 0.419. The van der Waals surface area contributed by atoms with E-state index < -0.39 is 17.7 Å². The fraction of sp³-hybridized carbons (Fsp3) is 0.304. The first kappa shape index (κ1) is 21.2. The van der Waals surface area contributed by atoms with Crippen LogP contribution in [0.4, 0.5) is 0 Å². The van der Waals surface area contributed by atoms with Gasteiger partial charge >= 0.3 is 0 Å². The van der Waals surface area contributed by atoms with Gasteiger partial charge in [-0.15, -0.1) is 0 Å². The first-order valence-electron chi connectivity index (χ1n) is 9.95. The summed E-state index contributed by atoms with van der Waals surface area (Å²) in [6.45, 7) is 1.23. The molecule has 1 amide bonds. The van der Waals surface area contributed by atoms with Crippen LogP contribution in [0.5, 0.6) is 11.5 Å². The van der Waals surface area contributed by atoms with E-state index in [1.165, 1.54) is 4.90 Å². The number of ether oxygens (including phenoxy) is 2. The maximum absolute atomic E-state index is 13.0. The predicted octanol–water partition coefficient (Wildman–Crippen LogP) is 3.44. The second kappa shape index (κ2) is 8.61. The Balaban J connectivity index is 1.79. The van der Waals surface area contributed by atoms with Crippen LogP contribution in [0.1, 0.15) is 23.6 Å². The fourth-order valence-corrected chi connectivity index (χ4v) is 4.09. The van der Waals surface area contributed by atoms with Crippen molar-refractivity contribution in [2.24, 2.45) is 0 Å². The summed E-state index contributed by atoms with van der Waals surface area (Å²) in [5.74, 6) is -0.566. The van der Waals surface area contributed by atoms with Crippen molar-refractivity contribution >= 4 is 29.1 Å². The molecule has 0 bridgehead atoms. The van der Waals surface area contributed by atoms with Gasteiger partial charge in [0.25, 0.3) is 11.7 Å². The highest BCUT2D eigenvalue weighted by Crippen LogP contribution is 2.41. The number of Topliss-reactive ketones (excluding diaryl/α,β-unsaturated/α-hetero) is 1. The molecule has 4 rings (SSSR count). The Morgan fingerprint density at radius 2 is 1.94 bits per heavy atom. The lowest BCUT2D eigenvalue weighted by Crippen LogP contribution is -2.32. The molecular weight excluding hydrogens is 420 g/mol. The number of fused-ring (bicyclic) bond motifs is 1. The molecule has 2 aliphatic rings. The van der Waals surface area contributed by atoms with Crippen molar-refractivity contribution in [2.45, 2.75) is 12.5 Å². The number of ketones is 1. The number of aliphatic hydroxyl groups is 1. The van der Waals surface area contributed by atoms with Gasteiger partial charge in [-0.2, -0.15) is 0 Å². The van der Waals surface area contributed by atoms with Gasteiger partial charge < -0.3 is 24.4 Å². The highest BCUT2D eigenvalue weighted by atomic mass is 35.5. The molecule has 2 aromatic carbocycles. The summed E-state index contributed by atoms with van der Waals surface area (Å²) in [5, 5.41) is 11.6. The van der Waals surface area contributed by atoms with E-state index in [4.69, 9.17) is 21.1 Å². The third-order valence-electron chi connectivity index (χ3n) is 5.35. The molecule has 1 atom stereocenters. The van der Waals surface area contributed by atoms with Crippen LogP contribution in [0.15, 0.2) is 48.0 Å². The topological polar surface area (TPSA) is 79.3 Å². The van der Waals surface area contributed by atoms with Gasteiger partial charge in [-0.25, -0.2) is 0 Å². The average Bonchev–Trinajstić information content (AvgIpc) is 3.30.